The lowest BCUT2D eigenvalue weighted by Crippen LogP contribution is -2.55. The molecule has 8 heteroatoms. The molecule has 0 amide bonds. The van der Waals surface area contributed by atoms with Gasteiger partial charge < -0.3 is 30.1 Å². The number of aliphatic hydroxyl groups excluding tert-OH is 4. The van der Waals surface area contributed by atoms with E-state index in [2.05, 4.69) is 9.97 Å². The zero-order chi connectivity index (χ0) is 23.8. The van der Waals surface area contributed by atoms with Gasteiger partial charge in [0.05, 0.1) is 17.6 Å². The van der Waals surface area contributed by atoms with Crippen LogP contribution in [0.25, 0.3) is 22.4 Å². The second kappa shape index (κ2) is 9.09. The van der Waals surface area contributed by atoms with Crippen LogP contribution in [0.5, 0.6) is 0 Å². The molecule has 1 fully saturated rings. The summed E-state index contributed by atoms with van der Waals surface area (Å²) in [5.41, 5.74) is 3.81. The second-order valence-corrected chi connectivity index (χ2v) is 8.39. The van der Waals surface area contributed by atoms with Crippen molar-refractivity contribution < 1.29 is 30.0 Å². The number of aromatic amines is 1. The van der Waals surface area contributed by atoms with Crippen molar-refractivity contribution >= 4 is 16.8 Å². The number of benzene rings is 3. The van der Waals surface area contributed by atoms with Crippen LogP contribution in [0.3, 0.4) is 0 Å². The first-order chi connectivity index (χ1) is 16.5. The summed E-state index contributed by atoms with van der Waals surface area (Å²) >= 11 is 0. The second-order valence-electron chi connectivity index (χ2n) is 8.39. The van der Waals surface area contributed by atoms with Gasteiger partial charge in [0.25, 0.3) is 0 Å². The molecule has 1 aromatic heterocycles. The first kappa shape index (κ1) is 22.4. The van der Waals surface area contributed by atoms with Gasteiger partial charge in [0.1, 0.15) is 36.3 Å². The normalized spacial score (nSPS) is 24.9. The number of aliphatic hydroxyl groups is 4. The van der Waals surface area contributed by atoms with Gasteiger partial charge >= 0.3 is 0 Å². The van der Waals surface area contributed by atoms with Crippen LogP contribution in [0.2, 0.25) is 0 Å². The minimum Gasteiger partial charge on any atom is -0.394 e. The van der Waals surface area contributed by atoms with Crippen LogP contribution in [-0.2, 0) is 4.74 Å². The van der Waals surface area contributed by atoms with E-state index in [1.807, 2.05) is 30.3 Å². The number of nitrogens with zero attached hydrogens (tertiary/aromatic N) is 1. The fraction of sp³-hybridized carbons (Fsp3) is 0.231. The van der Waals surface area contributed by atoms with Gasteiger partial charge in [0.15, 0.2) is 5.78 Å². The van der Waals surface area contributed by atoms with E-state index in [0.717, 1.165) is 5.52 Å². The van der Waals surface area contributed by atoms with Crippen LogP contribution in [-0.4, -0.2) is 67.2 Å². The van der Waals surface area contributed by atoms with E-state index in [9.17, 15) is 25.2 Å². The van der Waals surface area contributed by atoms with Gasteiger partial charge in [-0.25, -0.2) is 4.98 Å². The quantitative estimate of drug-likeness (QED) is 0.287. The minimum absolute atomic E-state index is 0.0864. The molecule has 0 spiro atoms. The van der Waals surface area contributed by atoms with Crippen molar-refractivity contribution in [2.45, 2.75) is 30.5 Å². The molecule has 2 heterocycles. The number of nitrogens with one attached hydrogen (secondary N) is 1. The average molecular weight is 460 g/mol. The number of ketones is 1. The Bertz CT molecular complexity index is 1320. The lowest BCUT2D eigenvalue weighted by Gasteiger charge is -2.40. The molecule has 174 valence electrons. The Morgan fingerprint density at radius 3 is 2.44 bits per heavy atom. The van der Waals surface area contributed by atoms with E-state index < -0.39 is 37.1 Å². The number of imidazole rings is 1. The molecule has 0 aliphatic carbocycles. The first-order valence-corrected chi connectivity index (χ1v) is 11.0. The largest absolute Gasteiger partial charge is 0.394 e. The van der Waals surface area contributed by atoms with Crippen LogP contribution in [0, 0.1) is 0 Å². The third-order valence-corrected chi connectivity index (χ3v) is 6.16. The van der Waals surface area contributed by atoms with E-state index in [0.29, 0.717) is 33.6 Å². The molecule has 5 rings (SSSR count). The summed E-state index contributed by atoms with van der Waals surface area (Å²) in [6.07, 6.45) is -6.15. The molecular weight excluding hydrogens is 436 g/mol. The Labute approximate surface area is 195 Å². The highest BCUT2D eigenvalue weighted by Crippen LogP contribution is 2.34. The highest BCUT2D eigenvalue weighted by Gasteiger charge is 2.43. The predicted octanol–water partition coefficient (Wildman–Crippen LogP) is 1.98. The van der Waals surface area contributed by atoms with Crippen molar-refractivity contribution in [3.63, 3.8) is 0 Å². The number of fused-ring (bicyclic) bond motifs is 1. The van der Waals surface area contributed by atoms with Gasteiger partial charge in [-0.15, -0.1) is 0 Å². The van der Waals surface area contributed by atoms with Crippen molar-refractivity contribution in [2.75, 3.05) is 6.61 Å². The standard InChI is InChI=1S/C26H24N2O6/c29-13-20-22(31)23(32)24(33)25(34-20)16-7-4-8-17(11-16)26-27-18-10-9-15(12-19(18)28-26)21(30)14-5-2-1-3-6-14/h1-12,20,22-25,29,31-33H,13H2,(H,27,28)/t20-,22-,23+,24+,25-/m1/s1. The zero-order valence-corrected chi connectivity index (χ0v) is 18.1. The van der Waals surface area contributed by atoms with Crippen molar-refractivity contribution in [2.24, 2.45) is 0 Å². The summed E-state index contributed by atoms with van der Waals surface area (Å²) in [6.45, 7) is -0.491. The molecule has 5 atom stereocenters. The number of H-pyrrole nitrogens is 1. The Kier molecular flexibility index (Phi) is 5.99. The molecule has 34 heavy (non-hydrogen) atoms. The van der Waals surface area contributed by atoms with Crippen LogP contribution < -0.4 is 0 Å². The van der Waals surface area contributed by atoms with Gasteiger partial charge in [-0.3, -0.25) is 4.79 Å². The van der Waals surface area contributed by atoms with Gasteiger partial charge in [0, 0.05) is 16.7 Å². The molecule has 5 N–H and O–H groups in total. The first-order valence-electron chi connectivity index (χ1n) is 11.0. The molecule has 0 radical (unpaired) electrons. The molecule has 0 saturated carbocycles. The van der Waals surface area contributed by atoms with Crippen molar-refractivity contribution in [1.29, 1.82) is 0 Å². The fourth-order valence-corrected chi connectivity index (χ4v) is 4.28. The van der Waals surface area contributed by atoms with Gasteiger partial charge in [-0.1, -0.05) is 48.5 Å². The third-order valence-electron chi connectivity index (χ3n) is 6.16. The molecule has 3 aromatic carbocycles. The van der Waals surface area contributed by atoms with E-state index >= 15 is 0 Å². The molecule has 0 unspecified atom stereocenters. The van der Waals surface area contributed by atoms with Gasteiger partial charge in [-0.05, 0) is 29.8 Å². The van der Waals surface area contributed by atoms with Gasteiger partial charge in [-0.2, -0.15) is 0 Å². The maximum Gasteiger partial charge on any atom is 0.193 e. The lowest BCUT2D eigenvalue weighted by atomic mass is 9.90. The summed E-state index contributed by atoms with van der Waals surface area (Å²) in [5, 5.41) is 40.1. The monoisotopic (exact) mass is 460 g/mol. The predicted molar refractivity (Wildman–Crippen MR) is 124 cm³/mol. The van der Waals surface area contributed by atoms with Crippen molar-refractivity contribution in [3.05, 3.63) is 89.5 Å². The Morgan fingerprint density at radius 2 is 1.68 bits per heavy atom. The van der Waals surface area contributed by atoms with Gasteiger partial charge in [0.2, 0.25) is 0 Å². The number of aromatic nitrogens is 2. The SMILES string of the molecule is O=C(c1ccccc1)c1ccc2[nH]c(-c3cccc([C@H]4O[C@H](CO)[C@@H](O)[C@H](O)[C@@H]4O)c3)nc2c1. The number of hydrogen-bond donors (Lipinski definition) is 5. The molecule has 0 bridgehead atoms. The maximum atomic E-state index is 12.8. The third kappa shape index (κ3) is 4.02. The summed E-state index contributed by atoms with van der Waals surface area (Å²) in [5.74, 6) is 0.474. The Balaban J connectivity index is 1.45. The number of carbonyl (C=O) groups is 1. The summed E-state index contributed by atoms with van der Waals surface area (Å²) in [6, 6.07) is 21.4. The molecule has 4 aromatic rings. The fourth-order valence-electron chi connectivity index (χ4n) is 4.28. The zero-order valence-electron chi connectivity index (χ0n) is 18.1. The number of rotatable bonds is 5. The number of ether oxygens (including phenoxy) is 1. The lowest BCUT2D eigenvalue weighted by molar-refractivity contribution is -0.231. The van der Waals surface area contributed by atoms with E-state index in [1.54, 1.807) is 42.5 Å². The van der Waals surface area contributed by atoms with Crippen LogP contribution in [0.1, 0.15) is 27.6 Å². The van der Waals surface area contributed by atoms with E-state index in [4.69, 9.17) is 4.74 Å². The summed E-state index contributed by atoms with van der Waals surface area (Å²) in [4.78, 5) is 20.7. The highest BCUT2D eigenvalue weighted by atomic mass is 16.5. The Hall–Kier alpha value is -3.40. The molecular formula is C26H24N2O6. The molecule has 1 aliphatic rings. The number of carbonyl (C=O) groups excluding carboxylic acids is 1. The summed E-state index contributed by atoms with van der Waals surface area (Å²) < 4.78 is 5.67. The number of hydrogen-bond acceptors (Lipinski definition) is 7. The molecule has 8 nitrogen and oxygen atoms in total. The average Bonchev–Trinajstić information content (AvgIpc) is 3.31. The van der Waals surface area contributed by atoms with Crippen LogP contribution in [0.4, 0.5) is 0 Å². The minimum atomic E-state index is -1.45. The van der Waals surface area contributed by atoms with Crippen molar-refractivity contribution in [3.8, 4) is 11.4 Å². The van der Waals surface area contributed by atoms with Crippen LogP contribution in [0.15, 0.2) is 72.8 Å². The molecule has 1 saturated heterocycles. The summed E-state index contributed by atoms with van der Waals surface area (Å²) in [7, 11) is 0. The topological polar surface area (TPSA) is 136 Å². The highest BCUT2D eigenvalue weighted by molar-refractivity contribution is 6.10. The van der Waals surface area contributed by atoms with Crippen LogP contribution >= 0.6 is 0 Å². The molecule has 1 aliphatic heterocycles. The van der Waals surface area contributed by atoms with E-state index in [1.165, 1.54) is 0 Å². The van der Waals surface area contributed by atoms with E-state index in [-0.39, 0.29) is 5.78 Å². The smallest absolute Gasteiger partial charge is 0.193 e. The Morgan fingerprint density at radius 1 is 0.882 bits per heavy atom. The van der Waals surface area contributed by atoms with Crippen molar-refractivity contribution in [1.82, 2.24) is 9.97 Å². The maximum absolute atomic E-state index is 12.8.